The molecule has 0 fully saturated rings. The third-order valence-electron chi connectivity index (χ3n) is 2.16. The number of aryl methyl sites for hydroxylation is 1. The molecular weight excluding hydrogens is 280 g/mol. The smallest absolute Gasteiger partial charge is 0.277 e. The number of anilines is 1. The highest BCUT2D eigenvalue weighted by Gasteiger charge is 2.18. The van der Waals surface area contributed by atoms with Gasteiger partial charge in [0.15, 0.2) is 0 Å². The molecule has 0 saturated carbocycles. The largest absolute Gasteiger partial charge is 0.293 e. The number of benzene rings is 1. The number of nitro groups is 1. The van der Waals surface area contributed by atoms with Gasteiger partial charge in [-0.1, -0.05) is 6.07 Å². The summed E-state index contributed by atoms with van der Waals surface area (Å²) in [5.74, 6) is 0.0540. The number of alkyl halides is 1. The van der Waals surface area contributed by atoms with Gasteiger partial charge in [-0.2, -0.15) is 0 Å². The van der Waals surface area contributed by atoms with Crippen LogP contribution in [0.15, 0.2) is 18.2 Å². The standard InChI is InChI=1S/C10H13ClN2O4S/c1-8-3-4-10(13(14)15)9(7-8)12-18(16,17)6-2-5-11/h3-4,7,12H,2,5-6H2,1H3. The Labute approximate surface area is 110 Å². The molecule has 1 aromatic carbocycles. The Morgan fingerprint density at radius 1 is 1.44 bits per heavy atom. The first-order valence-corrected chi connectivity index (χ1v) is 7.36. The van der Waals surface area contributed by atoms with Gasteiger partial charge in [0, 0.05) is 11.9 Å². The Bertz CT molecular complexity index is 545. The summed E-state index contributed by atoms with van der Waals surface area (Å²) in [5, 5.41) is 10.8. The summed E-state index contributed by atoms with van der Waals surface area (Å²) < 4.78 is 25.5. The van der Waals surface area contributed by atoms with Crippen molar-refractivity contribution in [2.45, 2.75) is 13.3 Å². The van der Waals surface area contributed by atoms with Crippen LogP contribution in [0.4, 0.5) is 11.4 Å². The average Bonchev–Trinajstić information content (AvgIpc) is 2.25. The summed E-state index contributed by atoms with van der Waals surface area (Å²) in [6, 6.07) is 4.25. The normalized spacial score (nSPS) is 11.2. The van der Waals surface area contributed by atoms with E-state index < -0.39 is 14.9 Å². The van der Waals surface area contributed by atoms with Crippen LogP contribution in [0, 0.1) is 17.0 Å². The van der Waals surface area contributed by atoms with Crippen LogP contribution in [0.3, 0.4) is 0 Å². The quantitative estimate of drug-likeness (QED) is 0.495. The summed E-state index contributed by atoms with van der Waals surface area (Å²) in [5.41, 5.74) is 0.445. The van der Waals surface area contributed by atoms with Crippen molar-refractivity contribution in [3.8, 4) is 0 Å². The van der Waals surface area contributed by atoms with Crippen LogP contribution in [-0.4, -0.2) is 25.0 Å². The van der Waals surface area contributed by atoms with Gasteiger partial charge in [-0.05, 0) is 25.0 Å². The molecule has 0 atom stereocenters. The Morgan fingerprint density at radius 3 is 2.67 bits per heavy atom. The Hall–Kier alpha value is -1.34. The number of nitrogens with zero attached hydrogens (tertiary/aromatic N) is 1. The van der Waals surface area contributed by atoms with Crippen LogP contribution in [0.2, 0.25) is 0 Å². The highest BCUT2D eigenvalue weighted by atomic mass is 35.5. The molecular formula is C10H13ClN2O4S. The zero-order valence-corrected chi connectivity index (χ0v) is 11.3. The van der Waals surface area contributed by atoms with Gasteiger partial charge in [-0.3, -0.25) is 14.8 Å². The molecule has 0 aromatic heterocycles. The second-order valence-corrected chi connectivity index (χ2v) is 5.96. The molecule has 1 aromatic rings. The second kappa shape index (κ2) is 6.01. The number of halogens is 1. The molecule has 6 nitrogen and oxygen atoms in total. The minimum Gasteiger partial charge on any atom is -0.277 e. The van der Waals surface area contributed by atoms with E-state index in [0.717, 1.165) is 5.56 Å². The van der Waals surface area contributed by atoms with E-state index in [4.69, 9.17) is 11.6 Å². The third-order valence-corrected chi connectivity index (χ3v) is 3.79. The molecule has 0 bridgehead atoms. The van der Waals surface area contributed by atoms with E-state index in [1.54, 1.807) is 13.0 Å². The summed E-state index contributed by atoms with van der Waals surface area (Å²) in [6.45, 7) is 1.72. The van der Waals surface area contributed by atoms with Crippen molar-refractivity contribution in [3.63, 3.8) is 0 Å². The number of hydrogen-bond donors (Lipinski definition) is 1. The number of rotatable bonds is 6. The van der Waals surface area contributed by atoms with E-state index in [-0.39, 0.29) is 29.4 Å². The van der Waals surface area contributed by atoms with Gasteiger partial charge >= 0.3 is 0 Å². The number of nitrogens with one attached hydrogen (secondary N) is 1. The lowest BCUT2D eigenvalue weighted by atomic mass is 10.2. The zero-order chi connectivity index (χ0) is 13.8. The molecule has 0 amide bonds. The van der Waals surface area contributed by atoms with Crippen molar-refractivity contribution in [2.24, 2.45) is 0 Å². The molecule has 18 heavy (non-hydrogen) atoms. The fraction of sp³-hybridized carbons (Fsp3) is 0.400. The Morgan fingerprint density at radius 2 is 2.11 bits per heavy atom. The van der Waals surface area contributed by atoms with Crippen LogP contribution >= 0.6 is 11.6 Å². The first-order chi connectivity index (χ1) is 8.35. The minimum absolute atomic E-state index is 0.0189. The van der Waals surface area contributed by atoms with Crippen molar-refractivity contribution >= 4 is 33.0 Å². The fourth-order valence-electron chi connectivity index (χ4n) is 1.35. The van der Waals surface area contributed by atoms with Crippen LogP contribution in [0.1, 0.15) is 12.0 Å². The first-order valence-electron chi connectivity index (χ1n) is 5.17. The third kappa shape index (κ3) is 4.15. The Balaban J connectivity index is 3.02. The maximum atomic E-state index is 11.7. The molecule has 0 aliphatic heterocycles. The lowest BCUT2D eigenvalue weighted by molar-refractivity contribution is -0.383. The van der Waals surface area contributed by atoms with Crippen molar-refractivity contribution in [2.75, 3.05) is 16.4 Å². The molecule has 0 radical (unpaired) electrons. The van der Waals surface area contributed by atoms with Gasteiger partial charge in [0.1, 0.15) is 5.69 Å². The van der Waals surface area contributed by atoms with E-state index in [1.807, 2.05) is 0 Å². The second-order valence-electron chi connectivity index (χ2n) is 3.74. The summed E-state index contributed by atoms with van der Waals surface area (Å²) in [6.07, 6.45) is 0.288. The SMILES string of the molecule is Cc1ccc([N+](=O)[O-])c(NS(=O)(=O)CCCCl)c1. The highest BCUT2D eigenvalue weighted by Crippen LogP contribution is 2.26. The predicted molar refractivity (Wildman–Crippen MR) is 70.6 cm³/mol. The predicted octanol–water partition coefficient (Wildman–Crippen LogP) is 2.27. The molecule has 8 heteroatoms. The molecule has 1 rings (SSSR count). The maximum Gasteiger partial charge on any atom is 0.293 e. The summed E-state index contributed by atoms with van der Waals surface area (Å²) in [7, 11) is -3.61. The van der Waals surface area contributed by atoms with Gasteiger partial charge in [0.25, 0.3) is 5.69 Å². The number of nitro benzene ring substituents is 1. The van der Waals surface area contributed by atoms with Crippen molar-refractivity contribution < 1.29 is 13.3 Å². The van der Waals surface area contributed by atoms with E-state index >= 15 is 0 Å². The Kier molecular flexibility index (Phi) is 4.92. The summed E-state index contributed by atoms with van der Waals surface area (Å²) >= 11 is 5.42. The van der Waals surface area contributed by atoms with E-state index in [1.165, 1.54) is 12.1 Å². The fourth-order valence-corrected chi connectivity index (χ4v) is 2.77. The molecule has 100 valence electrons. The van der Waals surface area contributed by atoms with Crippen molar-refractivity contribution in [1.82, 2.24) is 0 Å². The van der Waals surface area contributed by atoms with Crippen LogP contribution < -0.4 is 4.72 Å². The average molecular weight is 293 g/mol. The monoisotopic (exact) mass is 292 g/mol. The number of hydrogen-bond acceptors (Lipinski definition) is 4. The van der Waals surface area contributed by atoms with Crippen LogP contribution in [0.5, 0.6) is 0 Å². The molecule has 0 spiro atoms. The van der Waals surface area contributed by atoms with Gasteiger partial charge < -0.3 is 0 Å². The lowest BCUT2D eigenvalue weighted by Gasteiger charge is -2.08. The number of sulfonamides is 1. The van der Waals surface area contributed by atoms with Crippen molar-refractivity contribution in [3.05, 3.63) is 33.9 Å². The lowest BCUT2D eigenvalue weighted by Crippen LogP contribution is -2.17. The van der Waals surface area contributed by atoms with E-state index in [0.29, 0.717) is 0 Å². The van der Waals surface area contributed by atoms with Crippen LogP contribution in [-0.2, 0) is 10.0 Å². The summed E-state index contributed by atoms with van der Waals surface area (Å²) in [4.78, 5) is 10.2. The van der Waals surface area contributed by atoms with Gasteiger partial charge in [0.05, 0.1) is 10.7 Å². The topological polar surface area (TPSA) is 89.3 Å². The van der Waals surface area contributed by atoms with Gasteiger partial charge in [-0.25, -0.2) is 8.42 Å². The first kappa shape index (κ1) is 14.7. The minimum atomic E-state index is -3.61. The van der Waals surface area contributed by atoms with E-state index in [9.17, 15) is 18.5 Å². The molecule has 0 unspecified atom stereocenters. The van der Waals surface area contributed by atoms with Gasteiger partial charge in [0.2, 0.25) is 10.0 Å². The van der Waals surface area contributed by atoms with Crippen LogP contribution in [0.25, 0.3) is 0 Å². The molecule has 0 heterocycles. The molecule has 1 N–H and O–H groups in total. The van der Waals surface area contributed by atoms with Crippen molar-refractivity contribution in [1.29, 1.82) is 0 Å². The maximum absolute atomic E-state index is 11.7. The zero-order valence-electron chi connectivity index (χ0n) is 9.72. The van der Waals surface area contributed by atoms with E-state index in [2.05, 4.69) is 4.72 Å². The highest BCUT2D eigenvalue weighted by molar-refractivity contribution is 7.92. The van der Waals surface area contributed by atoms with Gasteiger partial charge in [-0.15, -0.1) is 11.6 Å². The molecule has 0 saturated heterocycles. The molecule has 0 aliphatic carbocycles. The molecule has 0 aliphatic rings.